The Kier molecular flexibility index (Phi) is 1.06. The zero-order chi connectivity index (χ0) is 7.97. The van der Waals surface area contributed by atoms with Crippen LogP contribution in [0.5, 0.6) is 0 Å². The van der Waals surface area contributed by atoms with E-state index in [0.29, 0.717) is 0 Å². The van der Waals surface area contributed by atoms with Gasteiger partial charge < -0.3 is 0 Å². The van der Waals surface area contributed by atoms with Gasteiger partial charge in [-0.3, -0.25) is 4.40 Å². The van der Waals surface area contributed by atoms with Crippen molar-refractivity contribution in [1.82, 2.24) is 14.4 Å². The molecule has 2 heterocycles. The molecule has 2 aromatic rings. The van der Waals surface area contributed by atoms with Gasteiger partial charge >= 0.3 is 0 Å². The summed E-state index contributed by atoms with van der Waals surface area (Å²) >= 11 is 0. The largest absolute Gasteiger partial charge is 0.291 e. The highest BCUT2D eigenvalue weighted by atomic mass is 15.1. The van der Waals surface area contributed by atoms with Crippen molar-refractivity contribution in [2.75, 3.05) is 0 Å². The van der Waals surface area contributed by atoms with E-state index in [2.05, 4.69) is 16.2 Å². The van der Waals surface area contributed by atoms with Crippen molar-refractivity contribution in [1.29, 1.82) is 0 Å². The van der Waals surface area contributed by atoms with Crippen LogP contribution >= 0.6 is 0 Å². The van der Waals surface area contributed by atoms with Gasteiger partial charge in [-0.25, -0.2) is 9.97 Å². The Bertz CT molecular complexity index is 414. The lowest BCUT2D eigenvalue weighted by Crippen LogP contribution is -1.90. The van der Waals surface area contributed by atoms with Crippen molar-refractivity contribution in [3.63, 3.8) is 0 Å². The average molecular weight is 159 g/mol. The molecule has 0 atom stereocenters. The zero-order valence-electron chi connectivity index (χ0n) is 6.64. The highest BCUT2D eigenvalue weighted by molar-refractivity contribution is 5.30. The molecule has 0 spiro atoms. The van der Waals surface area contributed by atoms with Gasteiger partial charge in [-0.15, -0.1) is 0 Å². The molecule has 0 amide bonds. The molecule has 0 radical (unpaired) electrons. The van der Waals surface area contributed by atoms with Crippen LogP contribution in [0.4, 0.5) is 0 Å². The zero-order valence-corrected chi connectivity index (χ0v) is 6.64. The van der Waals surface area contributed by atoms with Crippen LogP contribution in [0.3, 0.4) is 0 Å². The second-order valence-corrected chi connectivity index (χ2v) is 3.30. The smallest absolute Gasteiger partial charge is 0.233 e. The monoisotopic (exact) mass is 159 g/mol. The predicted molar refractivity (Wildman–Crippen MR) is 45.0 cm³/mol. The van der Waals surface area contributed by atoms with Gasteiger partial charge in [0.1, 0.15) is 0 Å². The molecule has 0 unspecified atom stereocenters. The van der Waals surface area contributed by atoms with Crippen LogP contribution in [-0.2, 0) is 0 Å². The second kappa shape index (κ2) is 2.06. The number of fused-ring (bicyclic) bond motifs is 1. The fourth-order valence-corrected chi connectivity index (χ4v) is 1.46. The van der Waals surface area contributed by atoms with Gasteiger partial charge in [0.25, 0.3) is 0 Å². The first-order valence-electron chi connectivity index (χ1n) is 4.22. The molecule has 1 saturated carbocycles. The molecule has 60 valence electrons. The Labute approximate surface area is 70.1 Å². The van der Waals surface area contributed by atoms with Gasteiger partial charge in [0.05, 0.1) is 0 Å². The van der Waals surface area contributed by atoms with Crippen molar-refractivity contribution in [2.24, 2.45) is 0 Å². The number of nitrogens with zero attached hydrogens (tertiary/aromatic N) is 3. The molecule has 0 bridgehead atoms. The van der Waals surface area contributed by atoms with E-state index in [1.807, 2.05) is 16.8 Å². The van der Waals surface area contributed by atoms with Crippen LogP contribution in [0.1, 0.15) is 24.3 Å². The number of imidazole rings is 1. The Balaban J connectivity index is 2.21. The van der Waals surface area contributed by atoms with Crippen molar-refractivity contribution < 1.29 is 0 Å². The van der Waals surface area contributed by atoms with Gasteiger partial charge in [0.2, 0.25) is 5.78 Å². The Morgan fingerprint density at radius 1 is 1.33 bits per heavy atom. The van der Waals surface area contributed by atoms with E-state index in [1.54, 1.807) is 6.20 Å². The lowest BCUT2D eigenvalue weighted by Gasteiger charge is -1.97. The molecule has 12 heavy (non-hydrogen) atoms. The summed E-state index contributed by atoms with van der Waals surface area (Å²) in [6.45, 7) is 0. The second-order valence-electron chi connectivity index (χ2n) is 3.30. The molecule has 2 aromatic heterocycles. The summed E-state index contributed by atoms with van der Waals surface area (Å²) in [5, 5.41) is 0. The van der Waals surface area contributed by atoms with Crippen LogP contribution in [0.2, 0.25) is 0 Å². The Hall–Kier alpha value is -1.38. The third kappa shape index (κ3) is 0.826. The highest BCUT2D eigenvalue weighted by Crippen LogP contribution is 2.39. The minimum Gasteiger partial charge on any atom is -0.291 e. The van der Waals surface area contributed by atoms with E-state index in [1.165, 1.54) is 18.4 Å². The molecule has 1 aliphatic carbocycles. The molecule has 3 heteroatoms. The van der Waals surface area contributed by atoms with E-state index >= 15 is 0 Å². The third-order valence-corrected chi connectivity index (χ3v) is 2.31. The van der Waals surface area contributed by atoms with Crippen LogP contribution in [0.15, 0.2) is 24.8 Å². The van der Waals surface area contributed by atoms with Gasteiger partial charge in [-0.2, -0.15) is 0 Å². The Morgan fingerprint density at radius 3 is 3.08 bits per heavy atom. The molecular formula is C9H9N3. The molecule has 1 fully saturated rings. The lowest BCUT2D eigenvalue weighted by atomic mass is 10.2. The molecule has 1 aliphatic rings. The van der Waals surface area contributed by atoms with Crippen molar-refractivity contribution in [3.8, 4) is 0 Å². The van der Waals surface area contributed by atoms with E-state index < -0.39 is 0 Å². The van der Waals surface area contributed by atoms with Crippen molar-refractivity contribution in [3.05, 3.63) is 30.4 Å². The van der Waals surface area contributed by atoms with Crippen molar-refractivity contribution >= 4 is 5.78 Å². The topological polar surface area (TPSA) is 30.2 Å². The predicted octanol–water partition coefficient (Wildman–Crippen LogP) is 1.61. The van der Waals surface area contributed by atoms with Crippen LogP contribution in [0, 0.1) is 0 Å². The highest BCUT2D eigenvalue weighted by Gasteiger charge is 2.23. The molecular weight excluding hydrogens is 150 g/mol. The lowest BCUT2D eigenvalue weighted by molar-refractivity contribution is 1.01. The first kappa shape index (κ1) is 6.17. The minimum atomic E-state index is 0.768. The number of rotatable bonds is 1. The summed E-state index contributed by atoms with van der Waals surface area (Å²) < 4.78 is 1.98. The summed E-state index contributed by atoms with van der Waals surface area (Å²) in [5.74, 6) is 1.56. The van der Waals surface area contributed by atoms with Crippen LogP contribution in [0.25, 0.3) is 5.78 Å². The van der Waals surface area contributed by atoms with Crippen LogP contribution < -0.4 is 0 Å². The quantitative estimate of drug-likeness (QED) is 0.632. The maximum atomic E-state index is 4.25. The minimum absolute atomic E-state index is 0.768. The number of aromatic nitrogens is 3. The normalized spacial score (nSPS) is 17.0. The molecule has 0 aromatic carbocycles. The summed E-state index contributed by atoms with van der Waals surface area (Å²) in [4.78, 5) is 8.35. The van der Waals surface area contributed by atoms with Gasteiger partial charge in [0.15, 0.2) is 0 Å². The fourth-order valence-electron chi connectivity index (χ4n) is 1.46. The first-order chi connectivity index (χ1) is 5.93. The van der Waals surface area contributed by atoms with Crippen LogP contribution in [-0.4, -0.2) is 14.4 Å². The van der Waals surface area contributed by atoms with Gasteiger partial charge in [-0.05, 0) is 24.3 Å². The Morgan fingerprint density at radius 2 is 2.25 bits per heavy atom. The van der Waals surface area contributed by atoms with E-state index in [4.69, 9.17) is 0 Å². The van der Waals surface area contributed by atoms with Gasteiger partial charge in [-0.1, -0.05) is 0 Å². The van der Waals surface area contributed by atoms with E-state index in [0.717, 1.165) is 11.7 Å². The average Bonchev–Trinajstić information content (AvgIpc) is 2.84. The first-order valence-corrected chi connectivity index (χ1v) is 4.22. The molecule has 0 aliphatic heterocycles. The third-order valence-electron chi connectivity index (χ3n) is 2.31. The summed E-state index contributed by atoms with van der Waals surface area (Å²) in [6.07, 6.45) is 10.4. The summed E-state index contributed by atoms with van der Waals surface area (Å²) in [6, 6.07) is 0. The summed E-state index contributed by atoms with van der Waals surface area (Å²) in [5.41, 5.74) is 1.35. The standard InChI is InChI=1S/C9H9N3/c1-2-7(1)8-5-11-9-10-3-4-12(9)6-8/h3-7H,1-2H2. The maximum Gasteiger partial charge on any atom is 0.233 e. The molecule has 0 saturated heterocycles. The van der Waals surface area contributed by atoms with Crippen molar-refractivity contribution in [2.45, 2.75) is 18.8 Å². The molecule has 0 N–H and O–H groups in total. The molecule has 3 rings (SSSR count). The van der Waals surface area contributed by atoms with E-state index in [9.17, 15) is 0 Å². The maximum absolute atomic E-state index is 4.25. The number of hydrogen-bond donors (Lipinski definition) is 0. The SMILES string of the molecule is c1cn2cc(C3CC3)cnc2n1. The number of hydrogen-bond acceptors (Lipinski definition) is 2. The van der Waals surface area contributed by atoms with E-state index in [-0.39, 0.29) is 0 Å². The molecule has 3 nitrogen and oxygen atoms in total. The summed E-state index contributed by atoms with van der Waals surface area (Å²) in [7, 11) is 0. The fraction of sp³-hybridized carbons (Fsp3) is 0.333. The van der Waals surface area contributed by atoms with Gasteiger partial charge in [0, 0.05) is 24.8 Å².